The van der Waals surface area contributed by atoms with Crippen LogP contribution in [0.1, 0.15) is 10.4 Å². The Bertz CT molecular complexity index is 556. The first kappa shape index (κ1) is 17.9. The molecule has 0 N–H and O–H groups in total. The SMILES string of the molecule is C=CC[N-]S(=O)(=O)c1ccccc1C(=O)N(C)C.[Li+]. The van der Waals surface area contributed by atoms with Gasteiger partial charge < -0.3 is 9.62 Å². The molecule has 1 rings (SSSR count). The fourth-order valence-electron chi connectivity index (χ4n) is 1.33. The van der Waals surface area contributed by atoms with E-state index in [0.717, 1.165) is 0 Å². The summed E-state index contributed by atoms with van der Waals surface area (Å²) < 4.78 is 27.4. The van der Waals surface area contributed by atoms with E-state index in [9.17, 15) is 13.2 Å². The third-order valence-electron chi connectivity index (χ3n) is 2.18. The zero-order valence-electron chi connectivity index (χ0n) is 11.3. The summed E-state index contributed by atoms with van der Waals surface area (Å²) in [5.74, 6) is -0.372. The number of benzene rings is 1. The number of carbonyl (C=O) groups excluding carboxylic acids is 1. The van der Waals surface area contributed by atoms with Crippen molar-refractivity contribution in [2.45, 2.75) is 4.90 Å². The van der Waals surface area contributed by atoms with Crippen LogP contribution in [0.2, 0.25) is 0 Å². The van der Waals surface area contributed by atoms with Gasteiger partial charge in [-0.25, -0.2) is 8.42 Å². The number of nitrogens with zero attached hydrogens (tertiary/aromatic N) is 2. The average Bonchev–Trinajstić information content (AvgIpc) is 2.35. The molecule has 0 atom stereocenters. The summed E-state index contributed by atoms with van der Waals surface area (Å²) in [6.07, 6.45) is 1.38. The third-order valence-corrected chi connectivity index (χ3v) is 3.58. The molecule has 0 aliphatic rings. The van der Waals surface area contributed by atoms with Crippen LogP contribution in [0, 0.1) is 0 Å². The second kappa shape index (κ2) is 7.51. The Labute approximate surface area is 125 Å². The van der Waals surface area contributed by atoms with Crippen molar-refractivity contribution in [3.63, 3.8) is 0 Å². The van der Waals surface area contributed by atoms with Gasteiger partial charge in [0.2, 0.25) is 0 Å². The largest absolute Gasteiger partial charge is 1.00 e. The minimum atomic E-state index is -3.83. The van der Waals surface area contributed by atoms with Crippen LogP contribution in [0.4, 0.5) is 0 Å². The molecule has 0 fully saturated rings. The monoisotopic (exact) mass is 274 g/mol. The average molecular weight is 274 g/mol. The van der Waals surface area contributed by atoms with E-state index in [0.29, 0.717) is 0 Å². The standard InChI is InChI=1S/C12H15N2O3S.Li/c1-4-9-13-18(16,17)11-8-6-5-7-10(11)12(15)14(2)3;/h4-8H,1,9H2,2-3H3;/q-1;+1. The van der Waals surface area contributed by atoms with Crippen molar-refractivity contribution in [3.05, 3.63) is 47.2 Å². The van der Waals surface area contributed by atoms with Gasteiger partial charge in [-0.05, 0) is 12.1 Å². The van der Waals surface area contributed by atoms with Gasteiger partial charge in [0.25, 0.3) is 5.91 Å². The van der Waals surface area contributed by atoms with Gasteiger partial charge in [-0.1, -0.05) is 12.1 Å². The summed E-state index contributed by atoms with van der Waals surface area (Å²) in [6, 6.07) is 6.02. The number of hydrogen-bond donors (Lipinski definition) is 0. The molecule has 0 heterocycles. The van der Waals surface area contributed by atoms with E-state index in [1.54, 1.807) is 26.2 Å². The topological polar surface area (TPSA) is 68.5 Å². The molecule has 1 amide bonds. The molecule has 0 saturated heterocycles. The number of amides is 1. The maximum atomic E-state index is 12.0. The Hall–Kier alpha value is -1.06. The van der Waals surface area contributed by atoms with E-state index in [-0.39, 0.29) is 41.8 Å². The summed E-state index contributed by atoms with van der Waals surface area (Å²) in [5.41, 5.74) is 0.121. The number of rotatable bonds is 5. The Morgan fingerprint density at radius 2 is 1.95 bits per heavy atom. The maximum Gasteiger partial charge on any atom is 1.00 e. The first-order valence-corrected chi connectivity index (χ1v) is 6.69. The van der Waals surface area contributed by atoms with Gasteiger partial charge in [0.1, 0.15) is 10.0 Å². The van der Waals surface area contributed by atoms with Gasteiger partial charge in [0.15, 0.2) is 0 Å². The van der Waals surface area contributed by atoms with Crippen LogP contribution in [0.3, 0.4) is 0 Å². The van der Waals surface area contributed by atoms with Crippen molar-refractivity contribution in [2.75, 3.05) is 20.6 Å². The van der Waals surface area contributed by atoms with E-state index in [1.165, 1.54) is 23.1 Å². The molecule has 1 aromatic carbocycles. The molecular formula is C12H15LiN2O3S. The van der Waals surface area contributed by atoms with Crippen LogP contribution in [-0.4, -0.2) is 39.9 Å². The van der Waals surface area contributed by atoms with Crippen molar-refractivity contribution in [3.8, 4) is 0 Å². The second-order valence-corrected chi connectivity index (χ2v) is 5.42. The fraction of sp³-hybridized carbons (Fsp3) is 0.250. The van der Waals surface area contributed by atoms with Gasteiger partial charge in [0.05, 0.1) is 10.5 Å². The smallest absolute Gasteiger partial charge is 0.541 e. The van der Waals surface area contributed by atoms with Crippen LogP contribution < -0.4 is 18.9 Å². The van der Waals surface area contributed by atoms with Crippen molar-refractivity contribution in [1.82, 2.24) is 4.90 Å². The molecule has 0 aromatic heterocycles. The maximum absolute atomic E-state index is 12.0. The van der Waals surface area contributed by atoms with Crippen molar-refractivity contribution < 1.29 is 32.1 Å². The third kappa shape index (κ3) is 4.51. The number of hydrogen-bond acceptors (Lipinski definition) is 3. The van der Waals surface area contributed by atoms with E-state index < -0.39 is 10.0 Å². The second-order valence-electron chi connectivity index (χ2n) is 3.77. The molecule has 5 nitrogen and oxygen atoms in total. The van der Waals surface area contributed by atoms with Gasteiger partial charge in [0, 0.05) is 14.1 Å². The summed E-state index contributed by atoms with van der Waals surface area (Å²) in [4.78, 5) is 13.1. The van der Waals surface area contributed by atoms with Gasteiger partial charge in [-0.15, -0.1) is 19.2 Å². The summed E-state index contributed by atoms with van der Waals surface area (Å²) in [5, 5.41) is 0. The number of sulfonamides is 1. The molecule has 0 saturated carbocycles. The Morgan fingerprint density at radius 1 is 1.37 bits per heavy atom. The molecule has 0 unspecified atom stereocenters. The van der Waals surface area contributed by atoms with Crippen LogP contribution in [0.5, 0.6) is 0 Å². The molecule has 1 aromatic rings. The van der Waals surface area contributed by atoms with E-state index in [1.807, 2.05) is 0 Å². The van der Waals surface area contributed by atoms with Crippen LogP contribution >= 0.6 is 0 Å². The van der Waals surface area contributed by atoms with Gasteiger partial charge in [-0.2, -0.15) is 0 Å². The molecule has 19 heavy (non-hydrogen) atoms. The zero-order chi connectivity index (χ0) is 13.8. The molecule has 0 radical (unpaired) electrons. The zero-order valence-corrected chi connectivity index (χ0v) is 12.1. The minimum Gasteiger partial charge on any atom is -0.541 e. The van der Waals surface area contributed by atoms with Crippen molar-refractivity contribution in [2.24, 2.45) is 0 Å². The van der Waals surface area contributed by atoms with Crippen LogP contribution in [-0.2, 0) is 10.0 Å². The van der Waals surface area contributed by atoms with Crippen molar-refractivity contribution >= 4 is 15.9 Å². The van der Waals surface area contributed by atoms with E-state index >= 15 is 0 Å². The predicted molar refractivity (Wildman–Crippen MR) is 70.1 cm³/mol. The minimum absolute atomic E-state index is 0. The summed E-state index contributed by atoms with van der Waals surface area (Å²) >= 11 is 0. The summed E-state index contributed by atoms with van der Waals surface area (Å²) in [6.45, 7) is 3.40. The number of carbonyl (C=O) groups is 1. The van der Waals surface area contributed by atoms with Gasteiger partial charge >= 0.3 is 18.9 Å². The molecule has 7 heteroatoms. The predicted octanol–water partition coefficient (Wildman–Crippen LogP) is -1.36. The molecular weight excluding hydrogens is 259 g/mol. The molecule has 0 bridgehead atoms. The molecule has 0 aliphatic carbocycles. The first-order valence-electron chi connectivity index (χ1n) is 5.25. The van der Waals surface area contributed by atoms with E-state index in [2.05, 4.69) is 11.3 Å². The molecule has 98 valence electrons. The van der Waals surface area contributed by atoms with Gasteiger partial charge in [-0.3, -0.25) is 4.79 Å². The Balaban J connectivity index is 0.00000324. The fourth-order valence-corrected chi connectivity index (χ4v) is 2.45. The van der Waals surface area contributed by atoms with Crippen molar-refractivity contribution in [1.29, 1.82) is 0 Å². The summed E-state index contributed by atoms with van der Waals surface area (Å²) in [7, 11) is -0.701. The molecule has 0 aliphatic heterocycles. The Morgan fingerprint density at radius 3 is 2.47 bits per heavy atom. The first-order chi connectivity index (χ1) is 8.40. The normalized spacial score (nSPS) is 10.4. The Kier molecular flexibility index (Phi) is 7.09. The van der Waals surface area contributed by atoms with Crippen LogP contribution in [0.15, 0.2) is 41.8 Å². The molecule has 0 spiro atoms. The quantitative estimate of drug-likeness (QED) is 0.492. The van der Waals surface area contributed by atoms with Crippen LogP contribution in [0.25, 0.3) is 4.72 Å². The van der Waals surface area contributed by atoms with E-state index in [4.69, 9.17) is 0 Å².